The first-order valence-corrected chi connectivity index (χ1v) is 7.97. The molecule has 0 heterocycles. The molecule has 0 aromatic rings. The van der Waals surface area contributed by atoms with Gasteiger partial charge in [0.1, 0.15) is 0 Å². The molecule has 0 aliphatic carbocycles. The van der Waals surface area contributed by atoms with Gasteiger partial charge in [-0.25, -0.2) is 0 Å². The molecule has 0 saturated heterocycles. The Labute approximate surface area is 103 Å². The number of hydrogen-bond donors (Lipinski definition) is 0. The summed E-state index contributed by atoms with van der Waals surface area (Å²) in [7, 11) is 0.422. The van der Waals surface area contributed by atoms with Crippen LogP contribution in [0.3, 0.4) is 0 Å². The van der Waals surface area contributed by atoms with Gasteiger partial charge in [-0.3, -0.25) is 0 Å². The molecule has 0 atom stereocenters. The fourth-order valence-corrected chi connectivity index (χ4v) is 4.44. The van der Waals surface area contributed by atoms with Gasteiger partial charge < -0.3 is 0 Å². The molecular formula is C12H29PSe. The van der Waals surface area contributed by atoms with Crippen LogP contribution in [0.1, 0.15) is 59.3 Å². The Morgan fingerprint density at radius 1 is 0.643 bits per heavy atom. The fraction of sp³-hybridized carbons (Fsp3) is 1.00. The summed E-state index contributed by atoms with van der Waals surface area (Å²) < 4.78 is 0. The molecule has 0 aromatic carbocycles. The predicted octanol–water partition coefficient (Wildman–Crippen LogP) is 3.95. The molecule has 2 heteroatoms. The van der Waals surface area contributed by atoms with E-state index in [1.54, 1.807) is 18.5 Å². The average molecular weight is 283 g/mol. The Bertz CT molecular complexity index is 77.3. The molecule has 0 bridgehead atoms. The SMILES string of the molecule is CCCCP(CCCC)CCCC.[SeH2]. The molecule has 0 radical (unpaired) electrons. The molecule has 0 saturated carbocycles. The summed E-state index contributed by atoms with van der Waals surface area (Å²) in [6, 6.07) is 0. The first-order chi connectivity index (χ1) is 6.35. The molecule has 0 rings (SSSR count). The third kappa shape index (κ3) is 11.0. The first-order valence-electron chi connectivity index (χ1n) is 6.07. The Morgan fingerprint density at radius 3 is 1.14 bits per heavy atom. The zero-order valence-electron chi connectivity index (χ0n) is 10.3. The van der Waals surface area contributed by atoms with Crippen LogP contribution in [-0.4, -0.2) is 35.6 Å². The van der Waals surface area contributed by atoms with E-state index in [9.17, 15) is 0 Å². The van der Waals surface area contributed by atoms with Crippen LogP contribution in [0.4, 0.5) is 0 Å². The minimum absolute atomic E-state index is 0. The summed E-state index contributed by atoms with van der Waals surface area (Å²) in [5.74, 6) is 0. The number of rotatable bonds is 9. The second kappa shape index (κ2) is 13.9. The van der Waals surface area contributed by atoms with E-state index in [0.717, 1.165) is 0 Å². The zero-order chi connectivity index (χ0) is 9.94. The van der Waals surface area contributed by atoms with Gasteiger partial charge in [0.15, 0.2) is 0 Å². The zero-order valence-corrected chi connectivity index (χ0v) is 13.3. The van der Waals surface area contributed by atoms with Crippen LogP contribution in [-0.2, 0) is 0 Å². The Hall–Kier alpha value is 0.949. The van der Waals surface area contributed by atoms with E-state index >= 15 is 0 Å². The summed E-state index contributed by atoms with van der Waals surface area (Å²) >= 11 is 0. The summed E-state index contributed by atoms with van der Waals surface area (Å²) in [5.41, 5.74) is 0. The van der Waals surface area contributed by atoms with E-state index in [4.69, 9.17) is 0 Å². The van der Waals surface area contributed by atoms with Gasteiger partial charge in [0.2, 0.25) is 0 Å². The van der Waals surface area contributed by atoms with Crippen LogP contribution in [0, 0.1) is 0 Å². The standard InChI is InChI=1S/C12H27P.H2Se/c1-4-7-10-13(11-8-5-2)12-9-6-3;/h4-12H2,1-3H3;1H2. The molecule has 0 amide bonds. The molecule has 0 aromatic heterocycles. The third-order valence-electron chi connectivity index (χ3n) is 2.48. The van der Waals surface area contributed by atoms with E-state index in [-0.39, 0.29) is 17.1 Å². The summed E-state index contributed by atoms with van der Waals surface area (Å²) in [6.45, 7) is 6.94. The van der Waals surface area contributed by atoms with E-state index in [1.807, 2.05) is 0 Å². The molecule has 0 aliphatic heterocycles. The normalized spacial score (nSPS) is 10.3. The molecule has 0 unspecified atom stereocenters. The summed E-state index contributed by atoms with van der Waals surface area (Å²) in [5, 5.41) is 0. The average Bonchev–Trinajstić information content (AvgIpc) is 2.17. The van der Waals surface area contributed by atoms with Crippen LogP contribution in [0.15, 0.2) is 0 Å². The van der Waals surface area contributed by atoms with E-state index in [2.05, 4.69) is 20.8 Å². The first kappa shape index (κ1) is 17.3. The summed E-state index contributed by atoms with van der Waals surface area (Å²) in [4.78, 5) is 0. The Balaban J connectivity index is 0. The van der Waals surface area contributed by atoms with E-state index < -0.39 is 0 Å². The van der Waals surface area contributed by atoms with E-state index in [0.29, 0.717) is 7.92 Å². The van der Waals surface area contributed by atoms with Crippen molar-refractivity contribution in [1.29, 1.82) is 0 Å². The van der Waals surface area contributed by atoms with Crippen molar-refractivity contribution in [2.75, 3.05) is 18.5 Å². The van der Waals surface area contributed by atoms with Crippen LogP contribution in [0.5, 0.6) is 0 Å². The van der Waals surface area contributed by atoms with Crippen molar-refractivity contribution >= 4 is 25.0 Å². The van der Waals surface area contributed by atoms with Crippen molar-refractivity contribution in [2.24, 2.45) is 0 Å². The maximum absolute atomic E-state index is 2.31. The van der Waals surface area contributed by atoms with Gasteiger partial charge in [-0.05, 0) is 37.7 Å². The van der Waals surface area contributed by atoms with Crippen molar-refractivity contribution in [2.45, 2.75) is 59.3 Å². The van der Waals surface area contributed by atoms with Gasteiger partial charge in [-0.1, -0.05) is 40.0 Å². The predicted molar refractivity (Wildman–Crippen MR) is 74.8 cm³/mol. The Morgan fingerprint density at radius 2 is 0.929 bits per heavy atom. The maximum atomic E-state index is 2.31. The van der Waals surface area contributed by atoms with Crippen molar-refractivity contribution in [3.8, 4) is 0 Å². The van der Waals surface area contributed by atoms with Crippen LogP contribution in [0.25, 0.3) is 0 Å². The van der Waals surface area contributed by atoms with Crippen LogP contribution in [0.2, 0.25) is 0 Å². The molecule has 0 fully saturated rings. The molecular weight excluding hydrogens is 254 g/mol. The topological polar surface area (TPSA) is 0 Å². The fourth-order valence-electron chi connectivity index (χ4n) is 1.48. The van der Waals surface area contributed by atoms with Gasteiger partial charge in [-0.2, -0.15) is 0 Å². The second-order valence-electron chi connectivity index (χ2n) is 3.90. The molecule has 14 heavy (non-hydrogen) atoms. The monoisotopic (exact) mass is 284 g/mol. The quantitative estimate of drug-likeness (QED) is 0.444. The van der Waals surface area contributed by atoms with Gasteiger partial charge >= 0.3 is 17.1 Å². The molecule has 0 aliphatic rings. The van der Waals surface area contributed by atoms with E-state index in [1.165, 1.54) is 38.5 Å². The van der Waals surface area contributed by atoms with Crippen molar-refractivity contribution in [3.05, 3.63) is 0 Å². The second-order valence-corrected chi connectivity index (χ2v) is 6.59. The Kier molecular flexibility index (Phi) is 17.3. The van der Waals surface area contributed by atoms with Crippen molar-refractivity contribution in [1.82, 2.24) is 0 Å². The van der Waals surface area contributed by atoms with Crippen LogP contribution < -0.4 is 0 Å². The van der Waals surface area contributed by atoms with Gasteiger partial charge in [0.05, 0.1) is 0 Å². The van der Waals surface area contributed by atoms with Gasteiger partial charge in [0, 0.05) is 0 Å². The molecule has 0 nitrogen and oxygen atoms in total. The van der Waals surface area contributed by atoms with Crippen molar-refractivity contribution < 1.29 is 0 Å². The minimum atomic E-state index is 0. The van der Waals surface area contributed by atoms with Crippen molar-refractivity contribution in [3.63, 3.8) is 0 Å². The molecule has 0 spiro atoms. The van der Waals surface area contributed by atoms with Gasteiger partial charge in [-0.15, -0.1) is 7.92 Å². The summed E-state index contributed by atoms with van der Waals surface area (Å²) in [6.07, 6.45) is 13.2. The molecule has 0 N–H and O–H groups in total. The molecule has 88 valence electrons. The van der Waals surface area contributed by atoms with Crippen LogP contribution >= 0.6 is 7.92 Å². The number of hydrogen-bond acceptors (Lipinski definition) is 0. The number of unbranched alkanes of at least 4 members (excludes halogenated alkanes) is 3. The van der Waals surface area contributed by atoms with Gasteiger partial charge in [0.25, 0.3) is 0 Å². The third-order valence-corrected chi connectivity index (χ3v) is 5.33.